The third-order valence-electron chi connectivity index (χ3n) is 7.88. The second-order valence-corrected chi connectivity index (χ2v) is 14.3. The number of nitrogens with one attached hydrogen (secondary N) is 1. The first-order chi connectivity index (χ1) is 21.0. The molecule has 4 aromatic rings. The van der Waals surface area contributed by atoms with E-state index in [0.717, 1.165) is 47.5 Å². The normalized spacial score (nSPS) is 13.1. The van der Waals surface area contributed by atoms with Crippen LogP contribution in [0.3, 0.4) is 0 Å². The van der Waals surface area contributed by atoms with Gasteiger partial charge >= 0.3 is 5.97 Å². The third-order valence-corrected chi connectivity index (χ3v) is 9.39. The van der Waals surface area contributed by atoms with Crippen molar-refractivity contribution in [1.29, 1.82) is 0 Å². The Hall–Kier alpha value is -4.30. The van der Waals surface area contributed by atoms with Gasteiger partial charge in [0.25, 0.3) is 0 Å². The smallest absolute Gasteiger partial charge is 0.364 e. The van der Waals surface area contributed by atoms with Gasteiger partial charge in [0.2, 0.25) is 0 Å². The molecule has 0 amide bonds. The molecule has 0 spiro atoms. The van der Waals surface area contributed by atoms with Gasteiger partial charge in [0.1, 0.15) is 18.2 Å². The number of aryl methyl sites for hydroxylation is 1. The van der Waals surface area contributed by atoms with Crippen LogP contribution in [-0.4, -0.2) is 33.5 Å². The van der Waals surface area contributed by atoms with Gasteiger partial charge in [0.15, 0.2) is 9.84 Å². The standard InChI is InChI=1S/C36H41N3O4S/c1-6-7-23-38-25-39(32-16-12-11-15-31(32)38)43-35(40)34-29(36(3,4)5)21-22-30(33(34)27-19-17-26(2)18-20-27)37-24-44(41,42)28-13-9-8-10-14-28/h8-22,37H,6-7,23-25H2,1-5H3. The number of anilines is 3. The molecule has 0 saturated carbocycles. The number of para-hydroxylation sites is 2. The number of hydrogen-bond acceptors (Lipinski definition) is 7. The highest BCUT2D eigenvalue weighted by molar-refractivity contribution is 7.91. The summed E-state index contributed by atoms with van der Waals surface area (Å²) in [5.41, 5.74) is 5.71. The van der Waals surface area contributed by atoms with Gasteiger partial charge in [0, 0.05) is 17.8 Å². The molecule has 7 nitrogen and oxygen atoms in total. The van der Waals surface area contributed by atoms with Gasteiger partial charge in [-0.2, -0.15) is 5.06 Å². The number of sulfone groups is 1. The maximum atomic E-state index is 14.4. The summed E-state index contributed by atoms with van der Waals surface area (Å²) in [7, 11) is -3.64. The average Bonchev–Trinajstić information content (AvgIpc) is 3.35. The molecular formula is C36H41N3O4S. The van der Waals surface area contributed by atoms with E-state index in [-0.39, 0.29) is 10.8 Å². The predicted octanol–water partition coefficient (Wildman–Crippen LogP) is 7.96. The summed E-state index contributed by atoms with van der Waals surface area (Å²) in [6.45, 7) is 11.6. The molecule has 8 heteroatoms. The second-order valence-electron chi connectivity index (χ2n) is 12.3. The van der Waals surface area contributed by atoms with Gasteiger partial charge in [-0.1, -0.05) is 100 Å². The Kier molecular flexibility index (Phi) is 9.02. The van der Waals surface area contributed by atoms with Crippen LogP contribution in [0, 0.1) is 6.92 Å². The highest BCUT2D eigenvalue weighted by Gasteiger charge is 2.33. The fourth-order valence-corrected chi connectivity index (χ4v) is 6.59. The number of hydroxylamine groups is 1. The lowest BCUT2D eigenvalue weighted by Gasteiger charge is -2.28. The fourth-order valence-electron chi connectivity index (χ4n) is 5.50. The largest absolute Gasteiger partial charge is 0.371 e. The van der Waals surface area contributed by atoms with E-state index in [1.165, 1.54) is 0 Å². The zero-order chi connectivity index (χ0) is 31.5. The first kappa shape index (κ1) is 31.1. The van der Waals surface area contributed by atoms with E-state index in [4.69, 9.17) is 4.84 Å². The van der Waals surface area contributed by atoms with Crippen LogP contribution in [0.15, 0.2) is 95.9 Å². The molecule has 0 aromatic heterocycles. The number of benzene rings is 4. The molecule has 1 heterocycles. The number of carbonyl (C=O) groups is 1. The molecule has 0 unspecified atom stereocenters. The summed E-state index contributed by atoms with van der Waals surface area (Å²) in [6.07, 6.45) is 2.09. The summed E-state index contributed by atoms with van der Waals surface area (Å²) in [6, 6.07) is 28.0. The summed E-state index contributed by atoms with van der Waals surface area (Å²) >= 11 is 0. The van der Waals surface area contributed by atoms with E-state index in [9.17, 15) is 13.2 Å². The zero-order valence-corrected chi connectivity index (χ0v) is 26.9. The zero-order valence-electron chi connectivity index (χ0n) is 26.1. The molecule has 230 valence electrons. The van der Waals surface area contributed by atoms with E-state index in [2.05, 4.69) is 44.0 Å². The molecule has 4 aromatic carbocycles. The molecule has 0 fully saturated rings. The molecule has 0 aliphatic carbocycles. The summed E-state index contributed by atoms with van der Waals surface area (Å²) < 4.78 is 26.5. The van der Waals surface area contributed by atoms with Crippen molar-refractivity contribution in [2.45, 2.75) is 57.8 Å². The molecule has 0 saturated heterocycles. The fraction of sp³-hybridized carbons (Fsp3) is 0.306. The van der Waals surface area contributed by atoms with Crippen molar-refractivity contribution in [3.63, 3.8) is 0 Å². The number of carbonyl (C=O) groups excluding carboxylic acids is 1. The maximum Gasteiger partial charge on any atom is 0.364 e. The van der Waals surface area contributed by atoms with Crippen molar-refractivity contribution in [3.8, 4) is 11.1 Å². The minimum Gasteiger partial charge on any atom is -0.371 e. The van der Waals surface area contributed by atoms with Gasteiger partial charge in [-0.05, 0) is 60.2 Å². The van der Waals surface area contributed by atoms with Crippen LogP contribution in [0.1, 0.15) is 62.0 Å². The van der Waals surface area contributed by atoms with Crippen molar-refractivity contribution in [2.24, 2.45) is 0 Å². The minimum atomic E-state index is -3.64. The second kappa shape index (κ2) is 12.7. The molecule has 0 bridgehead atoms. The molecule has 1 aliphatic rings. The minimum absolute atomic E-state index is 0.232. The Balaban J connectivity index is 1.59. The molecule has 1 N–H and O–H groups in total. The topological polar surface area (TPSA) is 79.0 Å². The summed E-state index contributed by atoms with van der Waals surface area (Å²) in [5.74, 6) is -0.822. The predicted molar refractivity (Wildman–Crippen MR) is 179 cm³/mol. The molecular weight excluding hydrogens is 570 g/mol. The number of unbranched alkanes of at least 4 members (excludes halogenated alkanes) is 1. The quantitative estimate of drug-likeness (QED) is 0.195. The van der Waals surface area contributed by atoms with Gasteiger partial charge in [0.05, 0.1) is 16.1 Å². The third kappa shape index (κ3) is 6.60. The van der Waals surface area contributed by atoms with E-state index in [1.54, 1.807) is 35.4 Å². The van der Waals surface area contributed by atoms with Crippen LogP contribution in [0.2, 0.25) is 0 Å². The van der Waals surface area contributed by atoms with Crippen LogP contribution in [0.25, 0.3) is 11.1 Å². The Morgan fingerprint density at radius 3 is 2.20 bits per heavy atom. The van der Waals surface area contributed by atoms with Crippen LogP contribution < -0.4 is 15.3 Å². The lowest BCUT2D eigenvalue weighted by Crippen LogP contribution is -2.34. The van der Waals surface area contributed by atoms with Crippen molar-refractivity contribution in [1.82, 2.24) is 0 Å². The lowest BCUT2D eigenvalue weighted by molar-refractivity contribution is 0.0458. The summed E-state index contributed by atoms with van der Waals surface area (Å²) in [4.78, 5) is 23.1. The lowest BCUT2D eigenvalue weighted by atomic mass is 9.80. The average molecular weight is 612 g/mol. The van der Waals surface area contributed by atoms with E-state index >= 15 is 0 Å². The van der Waals surface area contributed by atoms with Crippen LogP contribution in [0.4, 0.5) is 17.1 Å². The molecule has 5 rings (SSSR count). The van der Waals surface area contributed by atoms with Crippen molar-refractivity contribution < 1.29 is 18.0 Å². The Morgan fingerprint density at radius 2 is 1.55 bits per heavy atom. The first-order valence-electron chi connectivity index (χ1n) is 15.1. The highest BCUT2D eigenvalue weighted by Crippen LogP contribution is 2.41. The van der Waals surface area contributed by atoms with Gasteiger partial charge in [-0.25, -0.2) is 13.2 Å². The van der Waals surface area contributed by atoms with Crippen molar-refractivity contribution in [3.05, 3.63) is 108 Å². The van der Waals surface area contributed by atoms with Crippen LogP contribution in [0.5, 0.6) is 0 Å². The molecule has 0 atom stereocenters. The van der Waals surface area contributed by atoms with Crippen molar-refractivity contribution >= 4 is 32.9 Å². The number of nitrogens with zero attached hydrogens (tertiary/aromatic N) is 2. The maximum absolute atomic E-state index is 14.4. The van der Waals surface area contributed by atoms with E-state index in [1.807, 2.05) is 61.5 Å². The monoisotopic (exact) mass is 611 g/mol. The SMILES string of the molecule is CCCCN1CN(OC(=O)c2c(C(C)(C)C)ccc(NCS(=O)(=O)c3ccccc3)c2-c2ccc(C)cc2)c2ccccc21. The Morgan fingerprint density at radius 1 is 0.886 bits per heavy atom. The van der Waals surface area contributed by atoms with Gasteiger partial charge in [-0.3, -0.25) is 0 Å². The molecule has 1 aliphatic heterocycles. The van der Waals surface area contributed by atoms with E-state index in [0.29, 0.717) is 23.5 Å². The molecule has 0 radical (unpaired) electrons. The van der Waals surface area contributed by atoms with Crippen LogP contribution in [-0.2, 0) is 20.1 Å². The Labute approximate surface area is 261 Å². The summed E-state index contributed by atoms with van der Waals surface area (Å²) in [5, 5.41) is 4.83. The molecule has 44 heavy (non-hydrogen) atoms. The highest BCUT2D eigenvalue weighted by atomic mass is 32.2. The Bertz CT molecular complexity index is 1730. The number of fused-ring (bicyclic) bond motifs is 1. The van der Waals surface area contributed by atoms with Crippen molar-refractivity contribution in [2.75, 3.05) is 34.4 Å². The number of rotatable bonds is 10. The van der Waals surface area contributed by atoms with E-state index < -0.39 is 21.2 Å². The van der Waals surface area contributed by atoms with Gasteiger partial charge in [-0.15, -0.1) is 0 Å². The first-order valence-corrected chi connectivity index (χ1v) is 16.7. The van der Waals surface area contributed by atoms with Gasteiger partial charge < -0.3 is 15.1 Å². The van der Waals surface area contributed by atoms with Crippen LogP contribution >= 0.6 is 0 Å². The number of hydrogen-bond donors (Lipinski definition) is 1.